The quantitative estimate of drug-likeness (QED) is 0.766. The molecule has 1 fully saturated rings. The van der Waals surface area contributed by atoms with Crippen LogP contribution in [0.2, 0.25) is 0 Å². The minimum Gasteiger partial charge on any atom is -0.452 e. The molecule has 1 saturated heterocycles. The van der Waals surface area contributed by atoms with Crippen LogP contribution in [0.4, 0.5) is 11.6 Å². The van der Waals surface area contributed by atoms with Crippen LogP contribution in [0.25, 0.3) is 0 Å². The normalized spacial score (nSPS) is 14.3. The maximum Gasteiger partial charge on any atom is 0.340 e. The van der Waals surface area contributed by atoms with Gasteiger partial charge in [-0.15, -0.1) is 0 Å². The Kier molecular flexibility index (Phi) is 6.02. The standard InChI is InChI=1S/C18H23N5O4/c1-13(2)23-16(5-6-20-23)21-17(24)12-27-18(25)14-3-4-15(19-11-14)22-7-9-26-10-8-22/h3-6,11,13H,7-10,12H2,1-2H3,(H,21,24). The summed E-state index contributed by atoms with van der Waals surface area (Å²) in [6.45, 7) is 6.39. The van der Waals surface area contributed by atoms with Crippen LogP contribution in [-0.2, 0) is 14.3 Å². The first-order valence-corrected chi connectivity index (χ1v) is 8.84. The molecule has 0 radical (unpaired) electrons. The molecule has 1 aliphatic heterocycles. The van der Waals surface area contributed by atoms with Crippen LogP contribution in [-0.4, -0.2) is 59.6 Å². The number of pyridine rings is 1. The van der Waals surface area contributed by atoms with E-state index in [0.29, 0.717) is 24.6 Å². The fraction of sp³-hybridized carbons (Fsp3) is 0.444. The molecule has 0 bridgehead atoms. The molecule has 3 rings (SSSR count). The average molecular weight is 373 g/mol. The number of esters is 1. The third-order valence-electron chi connectivity index (χ3n) is 4.08. The van der Waals surface area contributed by atoms with Crippen molar-refractivity contribution in [2.75, 3.05) is 43.1 Å². The second-order valence-corrected chi connectivity index (χ2v) is 6.38. The van der Waals surface area contributed by atoms with Gasteiger partial charge in [0.1, 0.15) is 11.6 Å². The van der Waals surface area contributed by atoms with Crippen LogP contribution in [0.3, 0.4) is 0 Å². The summed E-state index contributed by atoms with van der Waals surface area (Å²) in [6.07, 6.45) is 3.06. The Hall–Kier alpha value is -2.94. The largest absolute Gasteiger partial charge is 0.452 e. The lowest BCUT2D eigenvalue weighted by Gasteiger charge is -2.27. The van der Waals surface area contributed by atoms with Gasteiger partial charge in [-0.2, -0.15) is 5.10 Å². The second kappa shape index (κ2) is 8.63. The Bertz CT molecular complexity index is 781. The van der Waals surface area contributed by atoms with E-state index < -0.39 is 11.9 Å². The number of nitrogens with one attached hydrogen (secondary N) is 1. The molecular formula is C18H23N5O4. The van der Waals surface area contributed by atoms with E-state index in [1.807, 2.05) is 13.8 Å². The fourth-order valence-electron chi connectivity index (χ4n) is 2.70. The van der Waals surface area contributed by atoms with Crippen molar-refractivity contribution in [1.29, 1.82) is 0 Å². The van der Waals surface area contributed by atoms with E-state index in [1.165, 1.54) is 6.20 Å². The molecule has 0 unspecified atom stereocenters. The summed E-state index contributed by atoms with van der Waals surface area (Å²) in [5.74, 6) is 0.323. The zero-order chi connectivity index (χ0) is 19.2. The van der Waals surface area contributed by atoms with Crippen LogP contribution in [0.15, 0.2) is 30.6 Å². The van der Waals surface area contributed by atoms with Gasteiger partial charge in [-0.1, -0.05) is 0 Å². The highest BCUT2D eigenvalue weighted by Gasteiger charge is 2.15. The van der Waals surface area contributed by atoms with Gasteiger partial charge < -0.3 is 19.7 Å². The SMILES string of the molecule is CC(C)n1nccc1NC(=O)COC(=O)c1ccc(N2CCOCC2)nc1. The number of ether oxygens (including phenoxy) is 2. The van der Waals surface area contributed by atoms with Crippen molar-refractivity contribution in [2.45, 2.75) is 19.9 Å². The number of aromatic nitrogens is 3. The van der Waals surface area contributed by atoms with Gasteiger partial charge >= 0.3 is 5.97 Å². The Morgan fingerprint density at radius 1 is 1.26 bits per heavy atom. The molecule has 144 valence electrons. The molecule has 9 heteroatoms. The molecule has 9 nitrogen and oxygen atoms in total. The van der Waals surface area contributed by atoms with Gasteiger partial charge in [0.05, 0.1) is 25.0 Å². The van der Waals surface area contributed by atoms with Crippen molar-refractivity contribution >= 4 is 23.5 Å². The number of carbonyl (C=O) groups is 2. The van der Waals surface area contributed by atoms with E-state index in [4.69, 9.17) is 9.47 Å². The van der Waals surface area contributed by atoms with Crippen LogP contribution < -0.4 is 10.2 Å². The number of carbonyl (C=O) groups excluding carboxylic acids is 2. The van der Waals surface area contributed by atoms with E-state index in [-0.39, 0.29) is 12.6 Å². The zero-order valence-electron chi connectivity index (χ0n) is 15.4. The monoisotopic (exact) mass is 373 g/mol. The molecule has 0 saturated carbocycles. The predicted molar refractivity (Wildman–Crippen MR) is 98.8 cm³/mol. The molecule has 1 amide bonds. The van der Waals surface area contributed by atoms with Crippen molar-refractivity contribution in [2.24, 2.45) is 0 Å². The van der Waals surface area contributed by atoms with Gasteiger partial charge in [0.25, 0.3) is 5.91 Å². The number of morpholine rings is 1. The number of nitrogens with zero attached hydrogens (tertiary/aromatic N) is 4. The van der Waals surface area contributed by atoms with Crippen LogP contribution >= 0.6 is 0 Å². The molecular weight excluding hydrogens is 350 g/mol. The molecule has 3 heterocycles. The third-order valence-corrected chi connectivity index (χ3v) is 4.08. The van der Waals surface area contributed by atoms with Crippen molar-refractivity contribution in [3.8, 4) is 0 Å². The summed E-state index contributed by atoms with van der Waals surface area (Å²) in [4.78, 5) is 30.5. The van der Waals surface area contributed by atoms with Gasteiger partial charge in [-0.25, -0.2) is 14.5 Å². The molecule has 0 aromatic carbocycles. The Morgan fingerprint density at radius 2 is 2.04 bits per heavy atom. The van der Waals surface area contributed by atoms with Crippen LogP contribution in [0, 0.1) is 0 Å². The highest BCUT2D eigenvalue weighted by molar-refractivity contribution is 5.95. The first-order chi connectivity index (χ1) is 13.0. The van der Waals surface area contributed by atoms with E-state index in [2.05, 4.69) is 20.3 Å². The topological polar surface area (TPSA) is 98.6 Å². The number of hydrogen-bond donors (Lipinski definition) is 1. The van der Waals surface area contributed by atoms with Gasteiger partial charge in [0.2, 0.25) is 0 Å². The summed E-state index contributed by atoms with van der Waals surface area (Å²) in [5, 5.41) is 6.81. The molecule has 1 aliphatic rings. The van der Waals surface area contributed by atoms with Crippen molar-refractivity contribution < 1.29 is 19.1 Å². The summed E-state index contributed by atoms with van der Waals surface area (Å²) in [6, 6.07) is 5.21. The lowest BCUT2D eigenvalue weighted by Crippen LogP contribution is -2.36. The minimum absolute atomic E-state index is 0.105. The minimum atomic E-state index is -0.594. The number of rotatable bonds is 6. The van der Waals surface area contributed by atoms with Crippen molar-refractivity contribution in [1.82, 2.24) is 14.8 Å². The summed E-state index contributed by atoms with van der Waals surface area (Å²) < 4.78 is 12.1. The summed E-state index contributed by atoms with van der Waals surface area (Å²) in [7, 11) is 0. The van der Waals surface area contributed by atoms with Gasteiger partial charge in [-0.05, 0) is 26.0 Å². The van der Waals surface area contributed by atoms with Crippen LogP contribution in [0.1, 0.15) is 30.2 Å². The van der Waals surface area contributed by atoms with Gasteiger partial charge in [0, 0.05) is 31.4 Å². The molecule has 27 heavy (non-hydrogen) atoms. The Labute approximate surface area is 157 Å². The number of anilines is 2. The lowest BCUT2D eigenvalue weighted by molar-refractivity contribution is -0.119. The predicted octanol–water partition coefficient (Wildman–Crippen LogP) is 1.49. The lowest BCUT2D eigenvalue weighted by atomic mass is 10.2. The molecule has 2 aromatic rings. The Balaban J connectivity index is 1.51. The second-order valence-electron chi connectivity index (χ2n) is 6.38. The molecule has 1 N–H and O–H groups in total. The maximum absolute atomic E-state index is 12.1. The zero-order valence-corrected chi connectivity index (χ0v) is 15.4. The molecule has 0 aliphatic carbocycles. The van der Waals surface area contributed by atoms with Crippen molar-refractivity contribution in [3.63, 3.8) is 0 Å². The fourth-order valence-corrected chi connectivity index (χ4v) is 2.70. The van der Waals surface area contributed by atoms with E-state index in [9.17, 15) is 9.59 Å². The summed E-state index contributed by atoms with van der Waals surface area (Å²) >= 11 is 0. The van der Waals surface area contributed by atoms with Gasteiger partial charge in [0.15, 0.2) is 6.61 Å². The van der Waals surface area contributed by atoms with E-state index in [1.54, 1.807) is 29.1 Å². The highest BCUT2D eigenvalue weighted by Crippen LogP contribution is 2.14. The number of hydrogen-bond acceptors (Lipinski definition) is 7. The van der Waals surface area contributed by atoms with E-state index >= 15 is 0 Å². The first-order valence-electron chi connectivity index (χ1n) is 8.84. The molecule has 2 aromatic heterocycles. The maximum atomic E-state index is 12.1. The highest BCUT2D eigenvalue weighted by atomic mass is 16.5. The van der Waals surface area contributed by atoms with Gasteiger partial charge in [-0.3, -0.25) is 4.79 Å². The third kappa shape index (κ3) is 4.82. The van der Waals surface area contributed by atoms with Crippen LogP contribution in [0.5, 0.6) is 0 Å². The molecule has 0 spiro atoms. The van der Waals surface area contributed by atoms with Crippen molar-refractivity contribution in [3.05, 3.63) is 36.2 Å². The van der Waals surface area contributed by atoms with E-state index in [0.717, 1.165) is 18.9 Å². The smallest absolute Gasteiger partial charge is 0.340 e. The Morgan fingerprint density at radius 3 is 2.70 bits per heavy atom. The first kappa shape index (κ1) is 18.8. The summed E-state index contributed by atoms with van der Waals surface area (Å²) in [5.41, 5.74) is 0.298. The number of amides is 1. The molecule has 0 atom stereocenters. The average Bonchev–Trinajstić information content (AvgIpc) is 3.15.